The van der Waals surface area contributed by atoms with E-state index in [4.69, 9.17) is 0 Å². The molecule has 4 atom stereocenters. The topological polar surface area (TPSA) is 221 Å². The van der Waals surface area contributed by atoms with Crippen LogP contribution in [0.5, 0.6) is 0 Å². The molecule has 4 aromatic carbocycles. The Morgan fingerprint density at radius 2 is 0.986 bits per heavy atom. The first-order chi connectivity index (χ1) is 31.7. The van der Waals surface area contributed by atoms with E-state index in [1.807, 2.05) is 48.5 Å². The molecule has 1 aliphatic heterocycles. The molecule has 1 saturated heterocycles. The van der Waals surface area contributed by atoms with Crippen molar-refractivity contribution < 1.29 is 38.4 Å². The molecular formula is C54H69N7O8. The molecule has 7 N–H and O–H groups in total. The minimum Gasteiger partial charge on any atom is -0.375 e. The molecule has 0 aromatic heterocycles. The molecule has 4 aromatic rings. The van der Waals surface area contributed by atoms with Gasteiger partial charge >= 0.3 is 0 Å². The number of rotatable bonds is 6. The summed E-state index contributed by atoms with van der Waals surface area (Å²) in [5.41, 5.74) is -3.42. The summed E-state index contributed by atoms with van der Waals surface area (Å²) in [6.45, 7) is 19.3. The third-order valence-electron chi connectivity index (χ3n) is 12.2. The summed E-state index contributed by atoms with van der Waals surface area (Å²) < 4.78 is 0. The predicted molar refractivity (Wildman–Crippen MR) is 268 cm³/mol. The highest BCUT2D eigenvalue weighted by molar-refractivity contribution is 6.09. The summed E-state index contributed by atoms with van der Waals surface area (Å²) in [4.78, 5) is 111. The zero-order valence-electron chi connectivity index (χ0n) is 40.6. The highest BCUT2D eigenvalue weighted by Gasteiger charge is 2.40. The molecule has 1 aliphatic rings. The van der Waals surface area contributed by atoms with Crippen molar-refractivity contribution >= 4 is 57.8 Å². The quantitative estimate of drug-likeness (QED) is 0.127. The molecule has 0 aliphatic carbocycles. The van der Waals surface area contributed by atoms with E-state index in [0.717, 1.165) is 10.8 Å². The largest absolute Gasteiger partial charge is 0.375 e. The van der Waals surface area contributed by atoms with Crippen LogP contribution >= 0.6 is 0 Å². The van der Waals surface area contributed by atoms with Crippen molar-refractivity contribution in [2.45, 2.75) is 136 Å². The Labute approximate surface area is 405 Å². The predicted octanol–water partition coefficient (Wildman–Crippen LogP) is 5.14. The van der Waals surface area contributed by atoms with Crippen molar-refractivity contribution in [3.05, 3.63) is 132 Å². The smallest absolute Gasteiger partial charge is 0.245 e. The summed E-state index contributed by atoms with van der Waals surface area (Å²) in [5, 5.41) is 21.6. The van der Waals surface area contributed by atoms with Crippen molar-refractivity contribution in [3.63, 3.8) is 0 Å². The van der Waals surface area contributed by atoms with Gasteiger partial charge in [-0.3, -0.25) is 38.4 Å². The summed E-state index contributed by atoms with van der Waals surface area (Å²) in [6.07, 6.45) is -0.0780. The number of ketones is 2. The van der Waals surface area contributed by atoms with Crippen LogP contribution in [0.15, 0.2) is 109 Å². The van der Waals surface area contributed by atoms with Gasteiger partial charge in [-0.05, 0) is 90.6 Å². The lowest BCUT2D eigenvalue weighted by molar-refractivity contribution is -0.139. The van der Waals surface area contributed by atoms with Crippen molar-refractivity contribution in [3.8, 4) is 0 Å². The third-order valence-corrected chi connectivity index (χ3v) is 12.2. The molecule has 0 saturated carbocycles. The van der Waals surface area contributed by atoms with Gasteiger partial charge in [0.25, 0.3) is 0 Å². The van der Waals surface area contributed by atoms with E-state index in [-0.39, 0.29) is 44.0 Å². The lowest BCUT2D eigenvalue weighted by atomic mass is 9.89. The van der Waals surface area contributed by atoms with Gasteiger partial charge in [-0.25, -0.2) is 0 Å². The highest BCUT2D eigenvalue weighted by atomic mass is 16.2. The molecule has 4 unspecified atom stereocenters. The number of benzene rings is 4. The van der Waals surface area contributed by atoms with E-state index in [2.05, 4.69) is 43.8 Å². The number of fused-ring (bicyclic) bond motifs is 1. The van der Waals surface area contributed by atoms with E-state index >= 15 is 0 Å². The zero-order valence-corrected chi connectivity index (χ0v) is 40.6. The van der Waals surface area contributed by atoms with Gasteiger partial charge in [0.05, 0.1) is 11.6 Å². The molecule has 1 fully saturated rings. The van der Waals surface area contributed by atoms with Gasteiger partial charge in [-0.2, -0.15) is 0 Å². The number of hydrogen-bond donors (Lipinski definition) is 7. The van der Waals surface area contributed by atoms with E-state index < -0.39 is 81.6 Å². The molecule has 0 spiro atoms. The van der Waals surface area contributed by atoms with Gasteiger partial charge in [0.1, 0.15) is 28.7 Å². The summed E-state index contributed by atoms with van der Waals surface area (Å²) in [5.74, 6) is -5.48. The normalized spacial score (nSPS) is 22.7. The summed E-state index contributed by atoms with van der Waals surface area (Å²) in [7, 11) is 0. The van der Waals surface area contributed by atoms with Gasteiger partial charge in [0.15, 0.2) is 11.6 Å². The number of carbonyl (C=O) groups excluding carboxylic acids is 8. The van der Waals surface area contributed by atoms with Crippen molar-refractivity contribution in [1.29, 1.82) is 0 Å². The molecular weight excluding hydrogens is 875 g/mol. The first kappa shape index (κ1) is 54.4. The molecule has 15 nitrogen and oxygen atoms in total. The van der Waals surface area contributed by atoms with Crippen LogP contribution in [0, 0.1) is 5.92 Å². The number of Topliss-reactive ketones (excluding diaryl/α,β-unsaturated/α-hetero) is 1. The Morgan fingerprint density at radius 3 is 1.58 bits per heavy atom. The van der Waals surface area contributed by atoms with Crippen LogP contribution in [-0.2, 0) is 46.4 Å². The fraction of sp³-hybridized carbons (Fsp3) is 0.407. The van der Waals surface area contributed by atoms with Gasteiger partial charge in [0.2, 0.25) is 35.4 Å². The fourth-order valence-electron chi connectivity index (χ4n) is 7.57. The van der Waals surface area contributed by atoms with E-state index in [0.29, 0.717) is 22.3 Å². The van der Waals surface area contributed by atoms with Crippen molar-refractivity contribution in [2.75, 3.05) is 0 Å². The molecule has 1 heterocycles. The Bertz CT molecular complexity index is 2600. The van der Waals surface area contributed by atoms with Crippen LogP contribution in [-0.4, -0.2) is 87.3 Å². The third kappa shape index (κ3) is 14.0. The van der Waals surface area contributed by atoms with Crippen molar-refractivity contribution in [1.82, 2.24) is 37.2 Å². The average molecular weight is 944 g/mol. The van der Waals surface area contributed by atoms with Crippen LogP contribution in [0.3, 0.4) is 0 Å². The number of nitrogens with one attached hydrogen (secondary N) is 7. The minimum atomic E-state index is -1.62. The van der Waals surface area contributed by atoms with Gasteiger partial charge in [-0.1, -0.05) is 118 Å². The van der Waals surface area contributed by atoms with Gasteiger partial charge in [-0.15, -0.1) is 0 Å². The maximum absolute atomic E-state index is 14.2. The van der Waals surface area contributed by atoms with E-state index in [1.165, 1.54) is 48.5 Å². The Morgan fingerprint density at radius 1 is 0.522 bits per heavy atom. The SMILES string of the molecule is C.C=C1NC(C)(C)C(=O)CC(C)C(=O)NC(C)(C)C(=O)NC(Cc2ccc3ccccc3c2)C(=O)NC(C)(C)C(=O)NC(C)C(=O)NC(C)(C)C(=O)NC1Cc1ccc(C(=O)c2ccccc2)cc1. The Kier molecular flexibility index (Phi) is 17.2. The van der Waals surface area contributed by atoms with E-state index in [1.54, 1.807) is 69.3 Å². The second-order valence-corrected chi connectivity index (χ2v) is 19.9. The first-order valence-corrected chi connectivity index (χ1v) is 22.7. The molecule has 6 amide bonds. The maximum atomic E-state index is 14.2. The fourth-order valence-corrected chi connectivity index (χ4v) is 7.57. The number of carbonyl (C=O) groups is 8. The van der Waals surface area contributed by atoms with Crippen LogP contribution in [0.1, 0.15) is 110 Å². The lowest BCUT2D eigenvalue weighted by Gasteiger charge is -2.35. The second kappa shape index (κ2) is 21.9. The van der Waals surface area contributed by atoms with Gasteiger partial charge < -0.3 is 37.2 Å². The van der Waals surface area contributed by atoms with Crippen LogP contribution in [0.2, 0.25) is 0 Å². The lowest BCUT2D eigenvalue weighted by Crippen LogP contribution is -2.65. The second-order valence-electron chi connectivity index (χ2n) is 19.9. The van der Waals surface area contributed by atoms with E-state index in [9.17, 15) is 38.4 Å². The Hall–Kier alpha value is -7.16. The van der Waals surface area contributed by atoms with Gasteiger partial charge in [0, 0.05) is 35.6 Å². The monoisotopic (exact) mass is 944 g/mol. The minimum absolute atomic E-state index is 0. The molecule has 0 radical (unpaired) electrons. The number of hydrogen-bond acceptors (Lipinski definition) is 9. The maximum Gasteiger partial charge on any atom is 0.245 e. The molecule has 69 heavy (non-hydrogen) atoms. The Balaban J connectivity index is 0.0000104. The van der Waals surface area contributed by atoms with Crippen LogP contribution < -0.4 is 37.2 Å². The molecule has 5 rings (SSSR count). The van der Waals surface area contributed by atoms with Crippen molar-refractivity contribution in [2.24, 2.45) is 5.92 Å². The number of amides is 6. The molecule has 0 bridgehead atoms. The summed E-state index contributed by atoms with van der Waals surface area (Å²) in [6, 6.07) is 25.7. The molecule has 368 valence electrons. The highest BCUT2D eigenvalue weighted by Crippen LogP contribution is 2.21. The average Bonchev–Trinajstić information content (AvgIpc) is 3.27. The zero-order chi connectivity index (χ0) is 50.4. The standard InChI is InChI=1S/C53H65N7O8.CH4/c1-31-27-42(61)50(4,5)57-32(2)40(29-34-21-25-38(26-22-34)43(62)37-18-13-12-14-19-37)55-48(67)53(10,11)59-45(64)33(3)54-47(66)51(6,7)60-46(65)41(56-49(68)52(8,9)58-44(31)63)30-35-23-24-36-17-15-16-20-39(36)28-35;/h12-26,28,31,33,40-41,57H,2,27,29-30H2,1,3-11H3,(H,54,66)(H,55,67)(H,56,68)(H,58,63)(H,59,64)(H,60,65);1H4. The van der Waals surface area contributed by atoms with Crippen LogP contribution in [0.4, 0.5) is 0 Å². The van der Waals surface area contributed by atoms with Crippen LogP contribution in [0.25, 0.3) is 10.8 Å². The first-order valence-electron chi connectivity index (χ1n) is 22.7. The molecule has 15 heteroatoms. The summed E-state index contributed by atoms with van der Waals surface area (Å²) >= 11 is 0.